The average Bonchev–Trinajstić information content (AvgIpc) is 2.93. The van der Waals surface area contributed by atoms with Crippen molar-refractivity contribution in [3.8, 4) is 0 Å². The third-order valence-corrected chi connectivity index (χ3v) is 6.60. The summed E-state index contributed by atoms with van der Waals surface area (Å²) in [6.07, 6.45) is 0.418. The number of hydrogen-bond donors (Lipinski definition) is 1. The quantitative estimate of drug-likeness (QED) is 0.828. The molecule has 1 aromatic carbocycles. The molecule has 3 rings (SSSR count). The van der Waals surface area contributed by atoms with Crippen molar-refractivity contribution in [2.24, 2.45) is 0 Å². The summed E-state index contributed by atoms with van der Waals surface area (Å²) in [7, 11) is -3.28. The van der Waals surface area contributed by atoms with Crippen molar-refractivity contribution in [3.05, 3.63) is 29.3 Å². The first-order valence-electron chi connectivity index (χ1n) is 8.51. The zero-order chi connectivity index (χ0) is 18.9. The van der Waals surface area contributed by atoms with Crippen LogP contribution in [0.1, 0.15) is 28.8 Å². The maximum atomic E-state index is 12.9. The SMILES string of the molecule is Cc1cc(N2CCCS2(=O)=O)ccc1C(=O)N1CCOCC1CC(=O)O. The van der Waals surface area contributed by atoms with E-state index in [1.807, 2.05) is 0 Å². The normalized spacial score (nSPS) is 22.4. The number of rotatable bonds is 4. The summed E-state index contributed by atoms with van der Waals surface area (Å²) in [5, 5.41) is 9.04. The highest BCUT2D eigenvalue weighted by atomic mass is 32.2. The third-order valence-electron chi connectivity index (χ3n) is 4.73. The number of ether oxygens (including phenoxy) is 1. The summed E-state index contributed by atoms with van der Waals surface area (Å²) in [6.45, 7) is 3.09. The van der Waals surface area contributed by atoms with Gasteiger partial charge in [-0.15, -0.1) is 0 Å². The van der Waals surface area contributed by atoms with Crippen LogP contribution in [-0.2, 0) is 19.6 Å². The fourth-order valence-electron chi connectivity index (χ4n) is 3.42. The zero-order valence-corrected chi connectivity index (χ0v) is 15.4. The van der Waals surface area contributed by atoms with Gasteiger partial charge in [-0.25, -0.2) is 8.42 Å². The van der Waals surface area contributed by atoms with Gasteiger partial charge < -0.3 is 14.7 Å². The molecule has 1 atom stereocenters. The summed E-state index contributed by atoms with van der Waals surface area (Å²) in [5.41, 5.74) is 1.67. The number of aryl methyl sites for hydroxylation is 1. The lowest BCUT2D eigenvalue weighted by Gasteiger charge is -2.35. The Morgan fingerprint density at radius 2 is 2.08 bits per heavy atom. The van der Waals surface area contributed by atoms with Crippen molar-refractivity contribution < 1.29 is 27.9 Å². The van der Waals surface area contributed by atoms with Crippen LogP contribution in [0.3, 0.4) is 0 Å². The van der Waals surface area contributed by atoms with E-state index in [4.69, 9.17) is 9.84 Å². The zero-order valence-electron chi connectivity index (χ0n) is 14.6. The van der Waals surface area contributed by atoms with Crippen molar-refractivity contribution in [2.75, 3.05) is 36.4 Å². The van der Waals surface area contributed by atoms with E-state index in [1.165, 1.54) is 9.21 Å². The summed E-state index contributed by atoms with van der Waals surface area (Å²) in [5.74, 6) is -1.10. The largest absolute Gasteiger partial charge is 0.481 e. The van der Waals surface area contributed by atoms with Crippen LogP contribution in [0.15, 0.2) is 18.2 Å². The number of carbonyl (C=O) groups is 2. The first-order valence-corrected chi connectivity index (χ1v) is 10.1. The third kappa shape index (κ3) is 3.68. The Morgan fingerprint density at radius 3 is 2.69 bits per heavy atom. The molecule has 9 heteroatoms. The second kappa shape index (κ2) is 7.24. The first kappa shape index (κ1) is 18.7. The Kier molecular flexibility index (Phi) is 5.19. The molecule has 1 N–H and O–H groups in total. The Hall–Kier alpha value is -2.13. The minimum Gasteiger partial charge on any atom is -0.481 e. The van der Waals surface area contributed by atoms with Crippen LogP contribution in [0.2, 0.25) is 0 Å². The number of nitrogens with zero attached hydrogens (tertiary/aromatic N) is 2. The maximum Gasteiger partial charge on any atom is 0.305 e. The summed E-state index contributed by atoms with van der Waals surface area (Å²) < 4.78 is 30.8. The van der Waals surface area contributed by atoms with Gasteiger partial charge in [-0.2, -0.15) is 0 Å². The minimum atomic E-state index is -3.28. The van der Waals surface area contributed by atoms with Gasteiger partial charge in [0.2, 0.25) is 10.0 Å². The highest BCUT2D eigenvalue weighted by molar-refractivity contribution is 7.93. The molecule has 0 spiro atoms. The molecule has 0 saturated carbocycles. The van der Waals surface area contributed by atoms with E-state index in [0.717, 1.165) is 0 Å². The van der Waals surface area contributed by atoms with E-state index in [9.17, 15) is 18.0 Å². The molecule has 0 aromatic heterocycles. The van der Waals surface area contributed by atoms with E-state index in [-0.39, 0.29) is 24.7 Å². The molecular formula is C17H22N2O6S. The molecular weight excluding hydrogens is 360 g/mol. The molecule has 2 heterocycles. The summed E-state index contributed by atoms with van der Waals surface area (Å²) in [4.78, 5) is 25.5. The van der Waals surface area contributed by atoms with Crippen LogP contribution in [-0.4, -0.2) is 68.4 Å². The van der Waals surface area contributed by atoms with Gasteiger partial charge >= 0.3 is 5.97 Å². The lowest BCUT2D eigenvalue weighted by molar-refractivity contribution is -0.139. The number of morpholine rings is 1. The highest BCUT2D eigenvalue weighted by Crippen LogP contribution is 2.27. The van der Waals surface area contributed by atoms with Crippen LogP contribution in [0.4, 0.5) is 5.69 Å². The van der Waals surface area contributed by atoms with Crippen molar-refractivity contribution >= 4 is 27.6 Å². The standard InChI is InChI=1S/C17H22N2O6S/c1-12-9-13(19-5-2-8-26(19,23)24)3-4-15(12)17(22)18-6-7-25-11-14(18)10-16(20)21/h3-4,9,14H,2,5-8,10-11H2,1H3,(H,20,21). The molecule has 2 saturated heterocycles. The number of carboxylic acids is 1. The van der Waals surface area contributed by atoms with E-state index >= 15 is 0 Å². The van der Waals surface area contributed by atoms with Crippen molar-refractivity contribution in [1.82, 2.24) is 4.90 Å². The van der Waals surface area contributed by atoms with Gasteiger partial charge in [-0.3, -0.25) is 13.9 Å². The Labute approximate surface area is 152 Å². The lowest BCUT2D eigenvalue weighted by atomic mass is 10.0. The number of aliphatic carboxylic acids is 1. The van der Waals surface area contributed by atoms with Crippen LogP contribution in [0.5, 0.6) is 0 Å². The predicted molar refractivity (Wildman–Crippen MR) is 94.8 cm³/mol. The second-order valence-corrected chi connectivity index (χ2v) is 8.58. The summed E-state index contributed by atoms with van der Waals surface area (Å²) in [6, 6.07) is 4.44. The molecule has 1 unspecified atom stereocenters. The fraction of sp³-hybridized carbons (Fsp3) is 0.529. The van der Waals surface area contributed by atoms with Crippen LogP contribution < -0.4 is 4.31 Å². The minimum absolute atomic E-state index is 0.136. The molecule has 2 fully saturated rings. The molecule has 2 aliphatic rings. The number of carboxylic acid groups (broad SMARTS) is 1. The van der Waals surface area contributed by atoms with Gasteiger partial charge in [-0.05, 0) is 37.1 Å². The smallest absolute Gasteiger partial charge is 0.305 e. The highest BCUT2D eigenvalue weighted by Gasteiger charge is 2.32. The van der Waals surface area contributed by atoms with Crippen molar-refractivity contribution in [2.45, 2.75) is 25.8 Å². The number of sulfonamides is 1. The summed E-state index contributed by atoms with van der Waals surface area (Å²) >= 11 is 0. The molecule has 0 radical (unpaired) electrons. The van der Waals surface area contributed by atoms with Gasteiger partial charge in [0.1, 0.15) is 0 Å². The Balaban J connectivity index is 1.84. The molecule has 0 bridgehead atoms. The lowest BCUT2D eigenvalue weighted by Crippen LogP contribution is -2.49. The van der Waals surface area contributed by atoms with Gasteiger partial charge in [0.05, 0.1) is 37.1 Å². The van der Waals surface area contributed by atoms with E-state index in [0.29, 0.717) is 42.9 Å². The number of carbonyl (C=O) groups excluding carboxylic acids is 1. The topological polar surface area (TPSA) is 104 Å². The Bertz CT molecular complexity index is 823. The monoisotopic (exact) mass is 382 g/mol. The van der Waals surface area contributed by atoms with Gasteiger partial charge in [0, 0.05) is 18.7 Å². The maximum absolute atomic E-state index is 12.9. The molecule has 26 heavy (non-hydrogen) atoms. The van der Waals surface area contributed by atoms with Crippen molar-refractivity contribution in [3.63, 3.8) is 0 Å². The van der Waals surface area contributed by atoms with Crippen LogP contribution in [0, 0.1) is 6.92 Å². The van der Waals surface area contributed by atoms with Gasteiger partial charge in [0.25, 0.3) is 5.91 Å². The van der Waals surface area contributed by atoms with E-state index < -0.39 is 22.0 Å². The number of anilines is 1. The first-order chi connectivity index (χ1) is 12.3. The molecule has 1 aromatic rings. The fourth-order valence-corrected chi connectivity index (χ4v) is 4.98. The van der Waals surface area contributed by atoms with E-state index in [1.54, 1.807) is 25.1 Å². The van der Waals surface area contributed by atoms with Crippen LogP contribution in [0.25, 0.3) is 0 Å². The second-order valence-electron chi connectivity index (χ2n) is 6.57. The molecule has 0 aliphatic carbocycles. The van der Waals surface area contributed by atoms with E-state index in [2.05, 4.69) is 0 Å². The molecule has 2 aliphatic heterocycles. The average molecular weight is 382 g/mol. The van der Waals surface area contributed by atoms with Gasteiger partial charge in [-0.1, -0.05) is 0 Å². The predicted octanol–water partition coefficient (Wildman–Crippen LogP) is 0.851. The van der Waals surface area contributed by atoms with Gasteiger partial charge in [0.15, 0.2) is 0 Å². The van der Waals surface area contributed by atoms with Crippen LogP contribution >= 0.6 is 0 Å². The number of benzene rings is 1. The van der Waals surface area contributed by atoms with Crippen molar-refractivity contribution in [1.29, 1.82) is 0 Å². The molecule has 142 valence electrons. The molecule has 8 nitrogen and oxygen atoms in total. The molecule has 1 amide bonds. The Morgan fingerprint density at radius 1 is 1.31 bits per heavy atom. The number of amides is 1. The number of hydrogen-bond acceptors (Lipinski definition) is 5.